The number of carbonyl (C=O) groups is 2. The maximum absolute atomic E-state index is 12.3. The number of hydrogen-bond acceptors (Lipinski definition) is 3. The molecule has 126 valence electrons. The first kappa shape index (κ1) is 18.1. The molecule has 0 unspecified atom stereocenters. The van der Waals surface area contributed by atoms with Crippen molar-refractivity contribution in [2.45, 2.75) is 25.3 Å². The summed E-state index contributed by atoms with van der Waals surface area (Å²) in [7, 11) is 1.83. The molecule has 24 heavy (non-hydrogen) atoms. The number of hydrogen-bond donors (Lipinski definition) is 1. The normalized spacial score (nSPS) is 10.3. The van der Waals surface area contributed by atoms with Crippen molar-refractivity contribution in [1.82, 2.24) is 4.90 Å². The fourth-order valence-corrected chi connectivity index (χ4v) is 3.06. The SMILES string of the molecule is CC(=O)Nc1ccc(SCC(=O)N(C)Cc2ccccc2C)cc1. The molecule has 0 heterocycles. The van der Waals surface area contributed by atoms with Crippen LogP contribution in [0.2, 0.25) is 0 Å². The molecular formula is C19H22N2O2S. The van der Waals surface area contributed by atoms with E-state index in [2.05, 4.69) is 18.3 Å². The van der Waals surface area contributed by atoms with Gasteiger partial charge in [-0.15, -0.1) is 11.8 Å². The lowest BCUT2D eigenvalue weighted by Crippen LogP contribution is -2.28. The number of nitrogens with zero attached hydrogens (tertiary/aromatic N) is 1. The third kappa shape index (κ3) is 5.42. The van der Waals surface area contributed by atoms with E-state index >= 15 is 0 Å². The molecule has 0 fully saturated rings. The van der Waals surface area contributed by atoms with Crippen LogP contribution in [0.3, 0.4) is 0 Å². The van der Waals surface area contributed by atoms with E-state index in [0.717, 1.165) is 16.1 Å². The average molecular weight is 342 g/mol. The molecule has 1 N–H and O–H groups in total. The van der Waals surface area contributed by atoms with Gasteiger partial charge < -0.3 is 10.2 Å². The van der Waals surface area contributed by atoms with Crippen molar-refractivity contribution < 1.29 is 9.59 Å². The molecule has 2 aromatic carbocycles. The van der Waals surface area contributed by atoms with Crippen LogP contribution in [0, 0.1) is 6.92 Å². The van der Waals surface area contributed by atoms with E-state index in [0.29, 0.717) is 12.3 Å². The van der Waals surface area contributed by atoms with E-state index in [-0.39, 0.29) is 11.8 Å². The molecule has 0 aromatic heterocycles. The molecule has 0 aliphatic carbocycles. The Morgan fingerprint density at radius 3 is 2.38 bits per heavy atom. The number of rotatable bonds is 6. The van der Waals surface area contributed by atoms with Gasteiger partial charge in [-0.2, -0.15) is 0 Å². The van der Waals surface area contributed by atoms with E-state index in [1.54, 1.807) is 4.90 Å². The van der Waals surface area contributed by atoms with Gasteiger partial charge in [-0.1, -0.05) is 24.3 Å². The summed E-state index contributed by atoms with van der Waals surface area (Å²) in [4.78, 5) is 26.0. The van der Waals surface area contributed by atoms with Crippen molar-refractivity contribution in [3.63, 3.8) is 0 Å². The second kappa shape index (κ2) is 8.55. The number of amides is 2. The highest BCUT2D eigenvalue weighted by Crippen LogP contribution is 2.21. The lowest BCUT2D eigenvalue weighted by atomic mass is 10.1. The topological polar surface area (TPSA) is 49.4 Å². The lowest BCUT2D eigenvalue weighted by molar-refractivity contribution is -0.127. The van der Waals surface area contributed by atoms with Crippen molar-refractivity contribution in [2.75, 3.05) is 18.1 Å². The van der Waals surface area contributed by atoms with Gasteiger partial charge >= 0.3 is 0 Å². The van der Waals surface area contributed by atoms with Crippen molar-refractivity contribution >= 4 is 29.3 Å². The highest BCUT2D eigenvalue weighted by molar-refractivity contribution is 8.00. The summed E-state index contributed by atoms with van der Waals surface area (Å²) in [6.45, 7) is 4.15. The Morgan fingerprint density at radius 1 is 1.08 bits per heavy atom. The summed E-state index contributed by atoms with van der Waals surface area (Å²) >= 11 is 1.50. The zero-order valence-electron chi connectivity index (χ0n) is 14.2. The Kier molecular flexibility index (Phi) is 6.44. The minimum atomic E-state index is -0.0941. The van der Waals surface area contributed by atoms with Crippen LogP contribution in [0.15, 0.2) is 53.4 Å². The number of thioether (sulfide) groups is 1. The largest absolute Gasteiger partial charge is 0.341 e. The van der Waals surface area contributed by atoms with E-state index in [9.17, 15) is 9.59 Å². The lowest BCUT2D eigenvalue weighted by Gasteiger charge is -2.18. The van der Waals surface area contributed by atoms with E-state index in [1.165, 1.54) is 24.2 Å². The molecule has 0 radical (unpaired) electrons. The van der Waals surface area contributed by atoms with Crippen molar-refractivity contribution in [3.05, 3.63) is 59.7 Å². The molecule has 0 aliphatic rings. The molecule has 0 spiro atoms. The maximum atomic E-state index is 12.3. The molecule has 5 heteroatoms. The van der Waals surface area contributed by atoms with Crippen molar-refractivity contribution in [1.29, 1.82) is 0 Å². The summed E-state index contributed by atoms with van der Waals surface area (Å²) in [5, 5.41) is 2.72. The molecule has 2 amide bonds. The summed E-state index contributed by atoms with van der Waals surface area (Å²) in [5.74, 6) is 0.389. The zero-order chi connectivity index (χ0) is 17.5. The van der Waals surface area contributed by atoms with Crippen LogP contribution in [0.5, 0.6) is 0 Å². The third-order valence-electron chi connectivity index (χ3n) is 3.63. The van der Waals surface area contributed by atoms with E-state index in [1.807, 2.05) is 49.5 Å². The second-order valence-corrected chi connectivity index (χ2v) is 6.72. The molecule has 0 atom stereocenters. The number of benzene rings is 2. The van der Waals surface area contributed by atoms with E-state index < -0.39 is 0 Å². The molecule has 0 bridgehead atoms. The van der Waals surface area contributed by atoms with Crippen LogP contribution < -0.4 is 5.32 Å². The first-order chi connectivity index (χ1) is 11.5. The number of carbonyl (C=O) groups excluding carboxylic acids is 2. The highest BCUT2D eigenvalue weighted by atomic mass is 32.2. The first-order valence-corrected chi connectivity index (χ1v) is 8.73. The van der Waals surface area contributed by atoms with Gasteiger partial charge in [-0.05, 0) is 42.3 Å². The van der Waals surface area contributed by atoms with Gasteiger partial charge in [-0.25, -0.2) is 0 Å². The molecule has 0 saturated carbocycles. The Bertz CT molecular complexity index is 714. The summed E-state index contributed by atoms with van der Waals surface area (Å²) in [5.41, 5.74) is 3.12. The fraction of sp³-hybridized carbons (Fsp3) is 0.263. The van der Waals surface area contributed by atoms with Gasteiger partial charge in [0.2, 0.25) is 11.8 Å². The number of aryl methyl sites for hydroxylation is 1. The van der Waals surface area contributed by atoms with Gasteiger partial charge in [0.1, 0.15) is 0 Å². The summed E-state index contributed by atoms with van der Waals surface area (Å²) in [6.07, 6.45) is 0. The standard InChI is InChI=1S/C19H22N2O2S/c1-14-6-4-5-7-16(14)12-21(3)19(23)13-24-18-10-8-17(9-11-18)20-15(2)22/h4-11H,12-13H2,1-3H3,(H,20,22). The molecule has 0 saturated heterocycles. The van der Waals surface area contributed by atoms with Crippen LogP contribution in [0.25, 0.3) is 0 Å². The van der Waals surface area contributed by atoms with Crippen LogP contribution in [-0.4, -0.2) is 29.5 Å². The predicted octanol–water partition coefficient (Wildman–Crippen LogP) is 3.70. The molecule has 2 rings (SSSR count). The van der Waals surface area contributed by atoms with Crippen molar-refractivity contribution in [3.8, 4) is 0 Å². The van der Waals surface area contributed by atoms with Gasteiger partial charge in [-0.3, -0.25) is 9.59 Å². The molecule has 2 aromatic rings. The minimum absolute atomic E-state index is 0.0918. The molecular weight excluding hydrogens is 320 g/mol. The van der Waals surface area contributed by atoms with Crippen LogP contribution in [0.1, 0.15) is 18.1 Å². The Morgan fingerprint density at radius 2 is 1.75 bits per heavy atom. The molecule has 4 nitrogen and oxygen atoms in total. The fourth-order valence-electron chi connectivity index (χ4n) is 2.22. The van der Waals surface area contributed by atoms with Crippen LogP contribution in [-0.2, 0) is 16.1 Å². The maximum Gasteiger partial charge on any atom is 0.232 e. The van der Waals surface area contributed by atoms with Crippen LogP contribution in [0.4, 0.5) is 5.69 Å². The van der Waals surface area contributed by atoms with Gasteiger partial charge in [0, 0.05) is 31.1 Å². The van der Waals surface area contributed by atoms with Gasteiger partial charge in [0.15, 0.2) is 0 Å². The zero-order valence-corrected chi connectivity index (χ0v) is 15.0. The summed E-state index contributed by atoms with van der Waals surface area (Å²) < 4.78 is 0. The Balaban J connectivity index is 1.86. The van der Waals surface area contributed by atoms with E-state index in [4.69, 9.17) is 0 Å². The third-order valence-corrected chi connectivity index (χ3v) is 4.63. The van der Waals surface area contributed by atoms with Crippen LogP contribution >= 0.6 is 11.8 Å². The molecule has 0 aliphatic heterocycles. The van der Waals surface area contributed by atoms with Gasteiger partial charge in [0.25, 0.3) is 0 Å². The Hall–Kier alpha value is -2.27. The summed E-state index contributed by atoms with van der Waals surface area (Å²) in [6, 6.07) is 15.6. The van der Waals surface area contributed by atoms with Crippen molar-refractivity contribution in [2.24, 2.45) is 0 Å². The average Bonchev–Trinajstić information content (AvgIpc) is 2.55. The van der Waals surface area contributed by atoms with Gasteiger partial charge in [0.05, 0.1) is 5.75 Å². The minimum Gasteiger partial charge on any atom is -0.341 e. The highest BCUT2D eigenvalue weighted by Gasteiger charge is 2.11. The smallest absolute Gasteiger partial charge is 0.232 e. The number of anilines is 1. The second-order valence-electron chi connectivity index (χ2n) is 5.67. The quantitative estimate of drug-likeness (QED) is 0.814. The number of nitrogens with one attached hydrogen (secondary N) is 1. The first-order valence-electron chi connectivity index (χ1n) is 7.74. The predicted molar refractivity (Wildman–Crippen MR) is 99.1 cm³/mol. The Labute approximate surface area is 147 Å². The monoisotopic (exact) mass is 342 g/mol.